The van der Waals surface area contributed by atoms with Gasteiger partial charge in [-0.1, -0.05) is 68.0 Å². The van der Waals surface area contributed by atoms with Crippen LogP contribution in [0.3, 0.4) is 0 Å². The molecular weight excluding hydrogens is 381 g/mol. The van der Waals surface area contributed by atoms with E-state index < -0.39 is 0 Å². The second-order valence-electron chi connectivity index (χ2n) is 8.84. The van der Waals surface area contributed by atoms with E-state index in [1.807, 2.05) is 25.2 Å². The molecule has 1 aromatic rings. The lowest BCUT2D eigenvalue weighted by atomic mass is 9.77. The van der Waals surface area contributed by atoms with E-state index in [4.69, 9.17) is 7.85 Å². The summed E-state index contributed by atoms with van der Waals surface area (Å²) < 4.78 is 0. The van der Waals surface area contributed by atoms with Gasteiger partial charge in [0, 0.05) is 18.4 Å². The van der Waals surface area contributed by atoms with Gasteiger partial charge in [-0.3, -0.25) is 9.69 Å². The molecule has 1 aromatic carbocycles. The Hall–Kier alpha value is -2.20. The Morgan fingerprint density at radius 3 is 2.45 bits per heavy atom. The molecule has 0 saturated heterocycles. The molecule has 1 saturated carbocycles. The first-order chi connectivity index (χ1) is 15.0. The van der Waals surface area contributed by atoms with Crippen molar-refractivity contribution >= 4 is 19.3 Å². The molecule has 162 valence electrons. The second kappa shape index (κ2) is 11.4. The van der Waals surface area contributed by atoms with E-state index in [1.165, 1.54) is 11.1 Å². The van der Waals surface area contributed by atoms with E-state index >= 15 is 0 Å². The molecule has 0 bridgehead atoms. The number of benzene rings is 1. The molecular formula is C27H34BNO2. The van der Waals surface area contributed by atoms with E-state index in [-0.39, 0.29) is 23.6 Å². The molecule has 1 atom stereocenters. The Kier molecular flexibility index (Phi) is 8.65. The molecule has 1 fully saturated rings. The fourth-order valence-electron chi connectivity index (χ4n) is 5.10. The molecule has 0 N–H and O–H groups in total. The zero-order valence-corrected chi connectivity index (χ0v) is 18.8. The number of allylic oxidation sites excluding steroid dienone is 3. The van der Waals surface area contributed by atoms with Gasteiger partial charge in [-0.2, -0.15) is 0 Å². The van der Waals surface area contributed by atoms with Crippen molar-refractivity contribution in [2.45, 2.75) is 57.9 Å². The summed E-state index contributed by atoms with van der Waals surface area (Å²) >= 11 is 0. The normalized spacial score (nSPS) is 25.5. The van der Waals surface area contributed by atoms with Gasteiger partial charge in [0.2, 0.25) is 0 Å². The minimum absolute atomic E-state index is 0.0223. The molecule has 0 aromatic heterocycles. The van der Waals surface area contributed by atoms with Crippen LogP contribution in [0.1, 0.15) is 62.6 Å². The van der Waals surface area contributed by atoms with Crippen molar-refractivity contribution in [3.8, 4) is 0 Å². The summed E-state index contributed by atoms with van der Waals surface area (Å²) in [5.74, 6) is 0.389. The van der Waals surface area contributed by atoms with Crippen molar-refractivity contribution in [3.63, 3.8) is 0 Å². The van der Waals surface area contributed by atoms with Gasteiger partial charge < -0.3 is 4.79 Å². The summed E-state index contributed by atoms with van der Waals surface area (Å²) in [4.78, 5) is 27.2. The maximum absolute atomic E-state index is 13.3. The van der Waals surface area contributed by atoms with Crippen molar-refractivity contribution in [3.05, 3.63) is 71.8 Å². The lowest BCUT2D eigenvalue weighted by Crippen LogP contribution is -2.41. The number of ketones is 1. The number of hydrogen-bond acceptors (Lipinski definition) is 3. The number of fused-ring (bicyclic) bond motifs is 1. The Bertz CT molecular complexity index is 847. The van der Waals surface area contributed by atoms with Gasteiger partial charge in [-0.25, -0.2) is 0 Å². The van der Waals surface area contributed by atoms with Crippen molar-refractivity contribution < 1.29 is 9.59 Å². The van der Waals surface area contributed by atoms with Crippen LogP contribution in [0.4, 0.5) is 0 Å². The number of carbonyl (C=O) groups is 2. The molecule has 2 aliphatic rings. The maximum atomic E-state index is 13.3. The summed E-state index contributed by atoms with van der Waals surface area (Å²) in [5.41, 5.74) is 3.57. The first kappa shape index (κ1) is 23.5. The lowest BCUT2D eigenvalue weighted by molar-refractivity contribution is -0.125. The van der Waals surface area contributed by atoms with Crippen LogP contribution in [-0.4, -0.2) is 37.3 Å². The van der Waals surface area contributed by atoms with Crippen LogP contribution in [0.2, 0.25) is 0 Å². The van der Waals surface area contributed by atoms with Gasteiger partial charge in [0.05, 0.1) is 18.3 Å². The number of carbonyl (C=O) groups excluding carboxylic acids is 2. The first-order valence-corrected chi connectivity index (χ1v) is 11.6. The SMILES string of the molecule is [B]C(=O)C1CCCC(C(=O)CN2CCc3ccccc3C2/C(C=C)=C/C=C\C)CCC1. The van der Waals surface area contributed by atoms with Crippen molar-refractivity contribution in [1.29, 1.82) is 0 Å². The molecule has 2 radical (unpaired) electrons. The fraction of sp³-hybridized carbons (Fsp3) is 0.481. The quantitative estimate of drug-likeness (QED) is 0.458. The minimum Gasteiger partial charge on any atom is -0.312 e. The van der Waals surface area contributed by atoms with Crippen LogP contribution >= 0.6 is 0 Å². The summed E-state index contributed by atoms with van der Waals surface area (Å²) in [7, 11) is 5.51. The van der Waals surface area contributed by atoms with Gasteiger partial charge in [-0.15, -0.1) is 0 Å². The van der Waals surface area contributed by atoms with E-state index in [0.29, 0.717) is 12.3 Å². The topological polar surface area (TPSA) is 37.4 Å². The highest BCUT2D eigenvalue weighted by molar-refractivity contribution is 6.58. The van der Waals surface area contributed by atoms with Crippen LogP contribution in [-0.2, 0) is 16.0 Å². The van der Waals surface area contributed by atoms with Crippen LogP contribution in [0.5, 0.6) is 0 Å². The Balaban J connectivity index is 1.76. The highest BCUT2D eigenvalue weighted by Gasteiger charge is 2.32. The highest BCUT2D eigenvalue weighted by atomic mass is 16.1. The zero-order valence-electron chi connectivity index (χ0n) is 18.8. The summed E-state index contributed by atoms with van der Waals surface area (Å²) in [6.45, 7) is 7.39. The van der Waals surface area contributed by atoms with Gasteiger partial charge >= 0.3 is 0 Å². The third kappa shape index (κ3) is 5.95. The maximum Gasteiger partial charge on any atom is 0.168 e. The molecule has 31 heavy (non-hydrogen) atoms. The van der Waals surface area contributed by atoms with Gasteiger partial charge in [-0.05, 0) is 55.7 Å². The molecule has 3 nitrogen and oxygen atoms in total. The van der Waals surface area contributed by atoms with E-state index in [2.05, 4.69) is 41.8 Å². The molecule has 4 heteroatoms. The van der Waals surface area contributed by atoms with Crippen LogP contribution in [0, 0.1) is 11.8 Å². The van der Waals surface area contributed by atoms with Crippen molar-refractivity contribution in [2.24, 2.45) is 11.8 Å². The minimum atomic E-state index is -0.190. The smallest absolute Gasteiger partial charge is 0.168 e. The number of rotatable bonds is 7. The highest BCUT2D eigenvalue weighted by Crippen LogP contribution is 2.36. The van der Waals surface area contributed by atoms with Crippen LogP contribution in [0.25, 0.3) is 0 Å². The van der Waals surface area contributed by atoms with Gasteiger partial charge in [0.25, 0.3) is 0 Å². The van der Waals surface area contributed by atoms with E-state index in [0.717, 1.165) is 57.1 Å². The standard InChI is InChI=1S/C27H34BNO2/c1-3-5-10-20(4-2)26-24-16-7-6-11-21(24)17-18-29(26)19-25(30)22-12-8-14-23(27(28)31)15-9-13-22/h3-7,10-11,16,22-23,26H,2,8-9,12-15,17-19H2,1H3/b5-3-,20-10+. The second-order valence-corrected chi connectivity index (χ2v) is 8.84. The van der Waals surface area contributed by atoms with Crippen LogP contribution in [0.15, 0.2) is 60.7 Å². The summed E-state index contributed by atoms with van der Waals surface area (Å²) in [5, 5.41) is 0. The average Bonchev–Trinajstić information content (AvgIpc) is 2.74. The molecule has 0 amide bonds. The summed E-state index contributed by atoms with van der Waals surface area (Å²) in [6.07, 6.45) is 14.2. The molecule has 1 unspecified atom stereocenters. The monoisotopic (exact) mass is 415 g/mol. The number of Topliss-reactive ketones (excluding diaryl/α,β-unsaturated/α-hetero) is 1. The Labute approximate surface area is 188 Å². The predicted octanol–water partition coefficient (Wildman–Crippen LogP) is 5.13. The third-order valence-electron chi connectivity index (χ3n) is 6.84. The van der Waals surface area contributed by atoms with Crippen molar-refractivity contribution in [1.82, 2.24) is 4.90 Å². The largest absolute Gasteiger partial charge is 0.312 e. The Morgan fingerprint density at radius 2 is 1.81 bits per heavy atom. The number of nitrogens with zero attached hydrogens (tertiary/aromatic N) is 1. The molecule has 1 heterocycles. The predicted molar refractivity (Wildman–Crippen MR) is 128 cm³/mol. The van der Waals surface area contributed by atoms with Gasteiger partial charge in [0.15, 0.2) is 7.85 Å². The zero-order chi connectivity index (χ0) is 22.2. The fourth-order valence-corrected chi connectivity index (χ4v) is 5.10. The average molecular weight is 415 g/mol. The van der Waals surface area contributed by atoms with E-state index in [9.17, 15) is 9.59 Å². The molecule has 1 aliphatic carbocycles. The molecule has 1 aliphatic heterocycles. The first-order valence-electron chi connectivity index (χ1n) is 11.6. The van der Waals surface area contributed by atoms with Gasteiger partial charge in [0.1, 0.15) is 5.78 Å². The molecule has 0 spiro atoms. The van der Waals surface area contributed by atoms with Crippen LogP contribution < -0.4 is 0 Å². The number of hydrogen-bond donors (Lipinski definition) is 0. The lowest BCUT2D eigenvalue weighted by Gasteiger charge is -2.38. The van der Waals surface area contributed by atoms with Crippen molar-refractivity contribution in [2.75, 3.05) is 13.1 Å². The Morgan fingerprint density at radius 1 is 1.13 bits per heavy atom. The third-order valence-corrected chi connectivity index (χ3v) is 6.84. The summed E-state index contributed by atoms with van der Waals surface area (Å²) in [6, 6.07) is 8.60. The van der Waals surface area contributed by atoms with E-state index in [1.54, 1.807) is 0 Å². The molecule has 3 rings (SSSR count).